The molecule has 1 heterocycles. The first-order chi connectivity index (χ1) is 7.93. The lowest BCUT2D eigenvalue weighted by molar-refractivity contribution is 0.191. The van der Waals surface area contributed by atoms with E-state index in [1.165, 1.54) is 0 Å². The summed E-state index contributed by atoms with van der Waals surface area (Å²) in [5.41, 5.74) is 8.73. The molecule has 0 bridgehead atoms. The maximum atomic E-state index is 5.99. The molecule has 0 amide bonds. The van der Waals surface area contributed by atoms with Gasteiger partial charge in [0, 0.05) is 29.6 Å². The van der Waals surface area contributed by atoms with Crippen molar-refractivity contribution in [2.45, 2.75) is 53.7 Å². The summed E-state index contributed by atoms with van der Waals surface area (Å²) in [5.74, 6) is 1.53. The second kappa shape index (κ2) is 6.01. The zero-order valence-corrected chi connectivity index (χ0v) is 11.6. The number of pyridine rings is 1. The summed E-state index contributed by atoms with van der Waals surface area (Å²) in [4.78, 5) is 4.41. The van der Waals surface area contributed by atoms with Crippen LogP contribution in [0.5, 0.6) is 5.75 Å². The van der Waals surface area contributed by atoms with Gasteiger partial charge in [0.05, 0.1) is 6.10 Å². The van der Waals surface area contributed by atoms with Crippen molar-refractivity contribution in [2.24, 2.45) is 11.7 Å². The Labute approximate surface area is 104 Å². The summed E-state index contributed by atoms with van der Waals surface area (Å²) in [6, 6.07) is 1.98. The highest BCUT2D eigenvalue weighted by atomic mass is 16.5. The summed E-state index contributed by atoms with van der Waals surface area (Å²) in [7, 11) is 0. The van der Waals surface area contributed by atoms with Gasteiger partial charge in [-0.25, -0.2) is 0 Å². The molecule has 96 valence electrons. The minimum Gasteiger partial charge on any atom is -0.490 e. The van der Waals surface area contributed by atoms with Gasteiger partial charge in [-0.1, -0.05) is 13.8 Å². The lowest BCUT2D eigenvalue weighted by Crippen LogP contribution is -2.17. The van der Waals surface area contributed by atoms with Gasteiger partial charge in [0.1, 0.15) is 5.75 Å². The third-order valence-electron chi connectivity index (χ3n) is 2.75. The lowest BCUT2D eigenvalue weighted by Gasteiger charge is -2.19. The Hall–Kier alpha value is -1.09. The highest BCUT2D eigenvalue weighted by Crippen LogP contribution is 2.24. The van der Waals surface area contributed by atoms with E-state index in [4.69, 9.17) is 10.5 Å². The van der Waals surface area contributed by atoms with Crippen LogP contribution in [-0.2, 0) is 6.54 Å². The Kier molecular flexibility index (Phi) is 4.94. The molecule has 1 rings (SSSR count). The highest BCUT2D eigenvalue weighted by Gasteiger charge is 2.12. The summed E-state index contributed by atoms with van der Waals surface area (Å²) in [6.45, 7) is 10.9. The Morgan fingerprint density at radius 2 is 1.94 bits per heavy atom. The van der Waals surface area contributed by atoms with E-state index in [0.717, 1.165) is 29.1 Å². The van der Waals surface area contributed by atoms with Gasteiger partial charge < -0.3 is 10.5 Å². The molecule has 0 aromatic carbocycles. The van der Waals surface area contributed by atoms with Crippen LogP contribution < -0.4 is 10.5 Å². The normalized spacial score (nSPS) is 12.9. The molecule has 1 aromatic rings. The van der Waals surface area contributed by atoms with Crippen LogP contribution in [0.4, 0.5) is 0 Å². The molecule has 3 heteroatoms. The molecule has 0 saturated carbocycles. The molecule has 1 unspecified atom stereocenters. The molecule has 1 aromatic heterocycles. The van der Waals surface area contributed by atoms with E-state index in [1.807, 2.05) is 19.9 Å². The number of nitrogens with zero attached hydrogens (tertiary/aromatic N) is 1. The molecule has 0 spiro atoms. The number of hydrogen-bond donors (Lipinski definition) is 1. The zero-order valence-electron chi connectivity index (χ0n) is 11.6. The van der Waals surface area contributed by atoms with E-state index < -0.39 is 0 Å². The fourth-order valence-electron chi connectivity index (χ4n) is 2.10. The summed E-state index contributed by atoms with van der Waals surface area (Å²) in [6.07, 6.45) is 1.26. The van der Waals surface area contributed by atoms with Crippen molar-refractivity contribution >= 4 is 0 Å². The maximum Gasteiger partial charge on any atom is 0.127 e. The monoisotopic (exact) mass is 236 g/mol. The SMILES string of the molecule is Cc1cc(OC(C)CC(C)C)c(CN)c(C)n1. The van der Waals surface area contributed by atoms with Crippen LogP contribution in [0.1, 0.15) is 44.1 Å². The highest BCUT2D eigenvalue weighted by molar-refractivity contribution is 5.37. The van der Waals surface area contributed by atoms with Gasteiger partial charge in [-0.05, 0) is 33.1 Å². The molecule has 0 aliphatic rings. The minimum atomic E-state index is 0.210. The van der Waals surface area contributed by atoms with Gasteiger partial charge in [0.2, 0.25) is 0 Å². The van der Waals surface area contributed by atoms with Crippen LogP contribution in [-0.4, -0.2) is 11.1 Å². The minimum absolute atomic E-state index is 0.210. The van der Waals surface area contributed by atoms with Crippen molar-refractivity contribution < 1.29 is 4.74 Å². The standard InChI is InChI=1S/C14H24N2O/c1-9(2)6-11(4)17-14-7-10(3)16-12(5)13(14)8-15/h7,9,11H,6,8,15H2,1-5H3. The smallest absolute Gasteiger partial charge is 0.127 e. The molecule has 0 aliphatic heterocycles. The number of hydrogen-bond acceptors (Lipinski definition) is 3. The van der Waals surface area contributed by atoms with Crippen molar-refractivity contribution in [3.8, 4) is 5.75 Å². The second-order valence-electron chi connectivity index (χ2n) is 5.09. The van der Waals surface area contributed by atoms with Crippen molar-refractivity contribution in [3.63, 3.8) is 0 Å². The fourth-order valence-corrected chi connectivity index (χ4v) is 2.10. The van der Waals surface area contributed by atoms with E-state index in [1.54, 1.807) is 0 Å². The Bertz CT molecular complexity index is 375. The van der Waals surface area contributed by atoms with Gasteiger partial charge in [0.25, 0.3) is 0 Å². The third-order valence-corrected chi connectivity index (χ3v) is 2.75. The molecule has 3 nitrogen and oxygen atoms in total. The first-order valence-electron chi connectivity index (χ1n) is 6.27. The van der Waals surface area contributed by atoms with Crippen molar-refractivity contribution in [1.29, 1.82) is 0 Å². The average Bonchev–Trinajstić information content (AvgIpc) is 2.15. The Morgan fingerprint density at radius 1 is 1.29 bits per heavy atom. The molecule has 0 saturated heterocycles. The maximum absolute atomic E-state index is 5.99. The summed E-state index contributed by atoms with van der Waals surface area (Å²) in [5, 5.41) is 0. The third kappa shape index (κ3) is 4.00. The van der Waals surface area contributed by atoms with Gasteiger partial charge in [0.15, 0.2) is 0 Å². The van der Waals surface area contributed by atoms with Crippen LogP contribution in [0.15, 0.2) is 6.07 Å². The number of nitrogens with two attached hydrogens (primary N) is 1. The van der Waals surface area contributed by atoms with Crippen LogP contribution in [0.25, 0.3) is 0 Å². The molecule has 2 N–H and O–H groups in total. The van der Waals surface area contributed by atoms with Gasteiger partial charge in [-0.3, -0.25) is 4.98 Å². The van der Waals surface area contributed by atoms with Crippen LogP contribution in [0.3, 0.4) is 0 Å². The summed E-state index contributed by atoms with van der Waals surface area (Å²) >= 11 is 0. The quantitative estimate of drug-likeness (QED) is 0.855. The van der Waals surface area contributed by atoms with Gasteiger partial charge >= 0.3 is 0 Å². The van der Waals surface area contributed by atoms with Crippen LogP contribution in [0.2, 0.25) is 0 Å². The van der Waals surface area contributed by atoms with Crippen molar-refractivity contribution in [1.82, 2.24) is 4.98 Å². The summed E-state index contributed by atoms with van der Waals surface area (Å²) < 4.78 is 5.99. The number of rotatable bonds is 5. The van der Waals surface area contributed by atoms with E-state index in [-0.39, 0.29) is 6.10 Å². The number of ether oxygens (including phenoxy) is 1. The molecule has 1 atom stereocenters. The predicted octanol–water partition coefficient (Wildman–Crippen LogP) is 2.97. The number of aromatic nitrogens is 1. The van der Waals surface area contributed by atoms with Crippen molar-refractivity contribution in [3.05, 3.63) is 23.0 Å². The molecular weight excluding hydrogens is 212 g/mol. The lowest BCUT2D eigenvalue weighted by atomic mass is 10.1. The second-order valence-corrected chi connectivity index (χ2v) is 5.09. The fraction of sp³-hybridized carbons (Fsp3) is 0.643. The zero-order chi connectivity index (χ0) is 13.0. The van der Waals surface area contributed by atoms with E-state index in [2.05, 4.69) is 25.8 Å². The Balaban J connectivity index is 2.89. The average molecular weight is 236 g/mol. The van der Waals surface area contributed by atoms with E-state index >= 15 is 0 Å². The van der Waals surface area contributed by atoms with Crippen LogP contribution in [0, 0.1) is 19.8 Å². The molecule has 0 radical (unpaired) electrons. The molecule has 17 heavy (non-hydrogen) atoms. The van der Waals surface area contributed by atoms with Crippen LogP contribution >= 0.6 is 0 Å². The van der Waals surface area contributed by atoms with E-state index in [0.29, 0.717) is 12.5 Å². The van der Waals surface area contributed by atoms with Gasteiger partial charge in [-0.15, -0.1) is 0 Å². The van der Waals surface area contributed by atoms with Crippen molar-refractivity contribution in [2.75, 3.05) is 0 Å². The number of aryl methyl sites for hydroxylation is 2. The first kappa shape index (κ1) is 14.0. The molecule has 0 fully saturated rings. The van der Waals surface area contributed by atoms with E-state index in [9.17, 15) is 0 Å². The topological polar surface area (TPSA) is 48.1 Å². The van der Waals surface area contributed by atoms with Gasteiger partial charge in [-0.2, -0.15) is 0 Å². The first-order valence-corrected chi connectivity index (χ1v) is 6.27. The molecule has 0 aliphatic carbocycles. The predicted molar refractivity (Wildman–Crippen MR) is 71.1 cm³/mol. The Morgan fingerprint density at radius 3 is 2.47 bits per heavy atom. The molecular formula is C14H24N2O. The largest absolute Gasteiger partial charge is 0.490 e.